The number of aromatic nitrogens is 2. The van der Waals surface area contributed by atoms with E-state index in [9.17, 15) is 0 Å². The molecule has 2 N–H and O–H groups in total. The first-order valence-corrected chi connectivity index (χ1v) is 8.83. The molecule has 0 fully saturated rings. The standard InChI is InChI=1S/C20H14Cl2N2O2/c1-25-19-15-11-5-3-9(21)7-13(11)23-17(15)18-16(20(19)26-2)12-6-4-10(22)8-14(12)24-18/h3-8,23-24H,1-2H3. The van der Waals surface area contributed by atoms with Crippen LogP contribution in [0.15, 0.2) is 36.4 Å². The van der Waals surface area contributed by atoms with Gasteiger partial charge in [0.1, 0.15) is 0 Å². The Kier molecular flexibility index (Phi) is 3.30. The molecule has 0 unspecified atom stereocenters. The minimum atomic E-state index is 0.676. The van der Waals surface area contributed by atoms with E-state index >= 15 is 0 Å². The Labute approximate surface area is 158 Å². The van der Waals surface area contributed by atoms with Crippen LogP contribution in [-0.4, -0.2) is 24.2 Å². The molecule has 5 aromatic rings. The van der Waals surface area contributed by atoms with Crippen molar-refractivity contribution >= 4 is 66.8 Å². The molecule has 2 aromatic heterocycles. The fourth-order valence-corrected chi connectivity index (χ4v) is 4.15. The van der Waals surface area contributed by atoms with Crippen molar-refractivity contribution in [3.63, 3.8) is 0 Å². The van der Waals surface area contributed by atoms with Gasteiger partial charge in [-0.15, -0.1) is 0 Å². The van der Waals surface area contributed by atoms with Crippen molar-refractivity contribution in [2.45, 2.75) is 0 Å². The van der Waals surface area contributed by atoms with Crippen LogP contribution in [0.2, 0.25) is 10.0 Å². The van der Waals surface area contributed by atoms with Gasteiger partial charge in [-0.05, 0) is 24.3 Å². The summed E-state index contributed by atoms with van der Waals surface area (Å²) in [5, 5.41) is 5.32. The second-order valence-electron chi connectivity index (χ2n) is 6.20. The molecule has 0 spiro atoms. The largest absolute Gasteiger partial charge is 0.492 e. The minimum Gasteiger partial charge on any atom is -0.492 e. The molecule has 2 heterocycles. The number of nitrogens with one attached hydrogen (secondary N) is 2. The second kappa shape index (κ2) is 5.47. The number of halogens is 2. The predicted molar refractivity (Wildman–Crippen MR) is 108 cm³/mol. The molecule has 0 aliphatic carbocycles. The Hall–Kier alpha value is -2.56. The lowest BCUT2D eigenvalue weighted by molar-refractivity contribution is 0.362. The van der Waals surface area contributed by atoms with E-state index in [1.54, 1.807) is 14.2 Å². The molecule has 0 radical (unpaired) electrons. The maximum Gasteiger partial charge on any atom is 0.171 e. The first-order valence-electron chi connectivity index (χ1n) is 8.08. The van der Waals surface area contributed by atoms with Crippen LogP contribution in [0.3, 0.4) is 0 Å². The number of ether oxygens (including phenoxy) is 2. The van der Waals surface area contributed by atoms with Crippen LogP contribution >= 0.6 is 23.2 Å². The smallest absolute Gasteiger partial charge is 0.171 e. The van der Waals surface area contributed by atoms with Crippen molar-refractivity contribution in [2.24, 2.45) is 0 Å². The normalized spacial score (nSPS) is 11.8. The van der Waals surface area contributed by atoms with Crippen molar-refractivity contribution in [1.29, 1.82) is 0 Å². The summed E-state index contributed by atoms with van der Waals surface area (Å²) >= 11 is 12.4. The Morgan fingerprint density at radius 2 is 1.12 bits per heavy atom. The molecule has 0 amide bonds. The highest BCUT2D eigenvalue weighted by molar-refractivity contribution is 6.33. The molecule has 6 heteroatoms. The molecule has 5 rings (SSSR count). The SMILES string of the molecule is COc1c(OC)c2c3ccc(Cl)cc3[nH]c2c2[nH]c3cc(Cl)ccc3c12. The van der Waals surface area contributed by atoms with Gasteiger partial charge in [0.05, 0.1) is 36.0 Å². The van der Waals surface area contributed by atoms with Crippen LogP contribution in [0.25, 0.3) is 43.6 Å². The number of methoxy groups -OCH3 is 2. The van der Waals surface area contributed by atoms with Gasteiger partial charge in [0.15, 0.2) is 11.5 Å². The summed E-state index contributed by atoms with van der Waals surface area (Å²) in [6.45, 7) is 0. The van der Waals surface area contributed by atoms with Crippen molar-refractivity contribution in [2.75, 3.05) is 14.2 Å². The fourth-order valence-electron chi connectivity index (χ4n) is 3.80. The first-order chi connectivity index (χ1) is 12.6. The van der Waals surface area contributed by atoms with E-state index in [1.807, 2.05) is 36.4 Å². The van der Waals surface area contributed by atoms with E-state index in [1.165, 1.54) is 0 Å². The first kappa shape index (κ1) is 15.7. The van der Waals surface area contributed by atoms with Crippen LogP contribution < -0.4 is 9.47 Å². The van der Waals surface area contributed by atoms with Gasteiger partial charge in [-0.1, -0.05) is 35.3 Å². The van der Waals surface area contributed by atoms with Crippen molar-refractivity contribution in [3.05, 3.63) is 46.4 Å². The Morgan fingerprint density at radius 3 is 1.50 bits per heavy atom. The molecule has 3 aromatic carbocycles. The predicted octanol–water partition coefficient (Wildman–Crippen LogP) is 6.28. The average molecular weight is 385 g/mol. The summed E-state index contributed by atoms with van der Waals surface area (Å²) in [5.41, 5.74) is 3.78. The Balaban J connectivity index is 2.11. The number of hydrogen-bond donors (Lipinski definition) is 2. The summed E-state index contributed by atoms with van der Waals surface area (Å²) in [6.07, 6.45) is 0. The molecule has 4 nitrogen and oxygen atoms in total. The number of fused-ring (bicyclic) bond motifs is 7. The fraction of sp³-hybridized carbons (Fsp3) is 0.100. The maximum atomic E-state index is 6.18. The number of hydrogen-bond acceptors (Lipinski definition) is 2. The van der Waals surface area contributed by atoms with Gasteiger partial charge in [0, 0.05) is 31.9 Å². The van der Waals surface area contributed by atoms with E-state index < -0.39 is 0 Å². The van der Waals surface area contributed by atoms with Crippen molar-refractivity contribution in [1.82, 2.24) is 9.97 Å². The Morgan fingerprint density at radius 1 is 0.692 bits per heavy atom. The lowest BCUT2D eigenvalue weighted by Crippen LogP contribution is -1.92. The van der Waals surface area contributed by atoms with Gasteiger partial charge in [0.2, 0.25) is 0 Å². The Bertz CT molecular complexity index is 1230. The number of rotatable bonds is 2. The molecule has 0 bridgehead atoms. The second-order valence-corrected chi connectivity index (χ2v) is 7.07. The third-order valence-corrected chi connectivity index (χ3v) is 5.31. The highest BCUT2D eigenvalue weighted by Gasteiger charge is 2.23. The lowest BCUT2D eigenvalue weighted by atomic mass is 10.1. The number of benzene rings is 3. The zero-order valence-electron chi connectivity index (χ0n) is 14.0. The average Bonchev–Trinajstić information content (AvgIpc) is 3.17. The van der Waals surface area contributed by atoms with Gasteiger partial charge in [-0.25, -0.2) is 0 Å². The zero-order valence-corrected chi connectivity index (χ0v) is 15.5. The minimum absolute atomic E-state index is 0.676. The summed E-state index contributed by atoms with van der Waals surface area (Å²) in [7, 11) is 3.31. The van der Waals surface area contributed by atoms with Crippen molar-refractivity contribution < 1.29 is 9.47 Å². The van der Waals surface area contributed by atoms with E-state index in [0.717, 1.165) is 43.6 Å². The molecule has 0 saturated carbocycles. The maximum absolute atomic E-state index is 6.18. The monoisotopic (exact) mass is 384 g/mol. The number of aromatic amines is 2. The molecule has 26 heavy (non-hydrogen) atoms. The highest BCUT2D eigenvalue weighted by Crippen LogP contribution is 2.48. The summed E-state index contributed by atoms with van der Waals surface area (Å²) in [5.74, 6) is 1.39. The molecule has 0 aliphatic rings. The molecule has 130 valence electrons. The summed E-state index contributed by atoms with van der Waals surface area (Å²) in [6, 6.07) is 11.5. The van der Waals surface area contributed by atoms with Crippen molar-refractivity contribution in [3.8, 4) is 11.5 Å². The quantitative estimate of drug-likeness (QED) is 0.376. The van der Waals surface area contributed by atoms with E-state index in [2.05, 4.69) is 9.97 Å². The lowest BCUT2D eigenvalue weighted by Gasteiger charge is -2.11. The molecule has 0 saturated heterocycles. The summed E-state index contributed by atoms with van der Waals surface area (Å²) in [4.78, 5) is 6.96. The summed E-state index contributed by atoms with van der Waals surface area (Å²) < 4.78 is 11.6. The van der Waals surface area contributed by atoms with Gasteiger partial charge in [-0.2, -0.15) is 0 Å². The van der Waals surface area contributed by atoms with Crippen LogP contribution in [-0.2, 0) is 0 Å². The van der Waals surface area contributed by atoms with E-state index in [0.29, 0.717) is 21.5 Å². The zero-order chi connectivity index (χ0) is 18.0. The van der Waals surface area contributed by atoms with Crippen LogP contribution in [0.4, 0.5) is 0 Å². The molecule has 0 atom stereocenters. The topological polar surface area (TPSA) is 50.0 Å². The van der Waals surface area contributed by atoms with Crippen LogP contribution in [0.1, 0.15) is 0 Å². The number of H-pyrrole nitrogens is 2. The van der Waals surface area contributed by atoms with E-state index in [4.69, 9.17) is 32.7 Å². The van der Waals surface area contributed by atoms with Gasteiger partial charge >= 0.3 is 0 Å². The third-order valence-electron chi connectivity index (χ3n) is 4.84. The molecular weight excluding hydrogens is 371 g/mol. The van der Waals surface area contributed by atoms with Crippen LogP contribution in [0, 0.1) is 0 Å². The van der Waals surface area contributed by atoms with E-state index in [-0.39, 0.29) is 0 Å². The van der Waals surface area contributed by atoms with Gasteiger partial charge in [-0.3, -0.25) is 0 Å². The van der Waals surface area contributed by atoms with Crippen LogP contribution in [0.5, 0.6) is 11.5 Å². The molecular formula is C20H14Cl2N2O2. The van der Waals surface area contributed by atoms with Gasteiger partial charge in [0.25, 0.3) is 0 Å². The third kappa shape index (κ3) is 1.97. The molecule has 0 aliphatic heterocycles. The highest BCUT2D eigenvalue weighted by atomic mass is 35.5. The van der Waals surface area contributed by atoms with Gasteiger partial charge < -0.3 is 19.4 Å².